The first-order chi connectivity index (χ1) is 12.5. The van der Waals surface area contributed by atoms with Gasteiger partial charge < -0.3 is 15.8 Å². The summed E-state index contributed by atoms with van der Waals surface area (Å²) in [7, 11) is 0. The minimum Gasteiger partial charge on any atom is -0.399 e. The minimum atomic E-state index is 0.325. The summed E-state index contributed by atoms with van der Waals surface area (Å²) in [6.45, 7) is 11.2. The fourth-order valence-corrected chi connectivity index (χ4v) is 4.29. The van der Waals surface area contributed by atoms with Crippen molar-refractivity contribution >= 4 is 28.4 Å². The van der Waals surface area contributed by atoms with Crippen LogP contribution >= 0.6 is 11.3 Å². The number of nitrogen functional groups attached to an aromatic ring is 1. The smallest absolute Gasteiger partial charge is 0.0993 e. The lowest BCUT2D eigenvalue weighted by Gasteiger charge is -2.26. The van der Waals surface area contributed by atoms with E-state index >= 15 is 0 Å². The number of anilines is 2. The van der Waals surface area contributed by atoms with Crippen LogP contribution in [0.2, 0.25) is 0 Å². The van der Waals surface area contributed by atoms with Gasteiger partial charge in [-0.15, -0.1) is 11.3 Å². The molecule has 2 aliphatic rings. The molecule has 1 aromatic heterocycles. The van der Waals surface area contributed by atoms with E-state index in [4.69, 9.17) is 10.5 Å². The zero-order valence-corrected chi connectivity index (χ0v) is 16.6. The summed E-state index contributed by atoms with van der Waals surface area (Å²) < 4.78 is 5.29. The maximum Gasteiger partial charge on any atom is 0.0993 e. The largest absolute Gasteiger partial charge is 0.399 e. The fourth-order valence-electron chi connectivity index (χ4n) is 3.18. The number of nitrogens with two attached hydrogens (primary N) is 1. The highest BCUT2D eigenvalue weighted by atomic mass is 32.1. The number of benzene rings is 1. The van der Waals surface area contributed by atoms with Crippen LogP contribution in [0, 0.1) is 13.8 Å². The van der Waals surface area contributed by atoms with E-state index in [0.717, 1.165) is 38.5 Å². The Bertz CT molecular complexity index is 748. The Morgan fingerprint density at radius 1 is 1.23 bits per heavy atom. The lowest BCUT2D eigenvalue weighted by Crippen LogP contribution is -2.35. The van der Waals surface area contributed by atoms with Crippen LogP contribution in [0.1, 0.15) is 34.5 Å². The zero-order valence-electron chi connectivity index (χ0n) is 15.8. The first kappa shape index (κ1) is 18.9. The molecule has 5 nitrogen and oxygen atoms in total. The average Bonchev–Trinajstić information content (AvgIpc) is 2.94. The molecule has 4 rings (SSSR count). The number of nitrogens with one attached hydrogen (secondary N) is 1. The second-order valence-electron chi connectivity index (χ2n) is 6.75. The number of fused-ring (bicyclic) bond motifs is 1. The lowest BCUT2D eigenvalue weighted by atomic mass is 10.1. The van der Waals surface area contributed by atoms with Crippen molar-refractivity contribution in [2.45, 2.75) is 33.4 Å². The predicted octanol–water partition coefficient (Wildman–Crippen LogP) is 3.98. The molecule has 1 saturated heterocycles. The SMILES string of the molecule is Cc1sc2c(c1C)C(C)N=CN2.Nc1ccc(CN2CCOCC2)cc1. The second kappa shape index (κ2) is 8.66. The quantitative estimate of drug-likeness (QED) is 0.783. The normalized spacial score (nSPS) is 19.3. The highest BCUT2D eigenvalue weighted by Gasteiger charge is 2.19. The third-order valence-electron chi connectivity index (χ3n) is 4.83. The van der Waals surface area contributed by atoms with E-state index < -0.39 is 0 Å². The van der Waals surface area contributed by atoms with Crippen molar-refractivity contribution in [1.29, 1.82) is 0 Å². The number of hydrogen-bond donors (Lipinski definition) is 2. The molecule has 1 atom stereocenters. The third-order valence-corrected chi connectivity index (χ3v) is 5.99. The first-order valence-electron chi connectivity index (χ1n) is 9.07. The number of hydrogen-bond acceptors (Lipinski definition) is 6. The summed E-state index contributed by atoms with van der Waals surface area (Å²) in [4.78, 5) is 8.11. The van der Waals surface area contributed by atoms with Gasteiger partial charge in [0.15, 0.2) is 0 Å². The van der Waals surface area contributed by atoms with Crippen molar-refractivity contribution in [3.63, 3.8) is 0 Å². The van der Waals surface area contributed by atoms with Crippen molar-refractivity contribution < 1.29 is 4.74 Å². The van der Waals surface area contributed by atoms with E-state index in [-0.39, 0.29) is 0 Å². The van der Waals surface area contributed by atoms with Gasteiger partial charge in [0.2, 0.25) is 0 Å². The molecule has 2 aliphatic heterocycles. The number of rotatable bonds is 2. The van der Waals surface area contributed by atoms with Crippen LogP contribution in [0.25, 0.3) is 0 Å². The van der Waals surface area contributed by atoms with E-state index in [0.29, 0.717) is 6.04 Å². The number of ether oxygens (including phenoxy) is 1. The van der Waals surface area contributed by atoms with Crippen LogP contribution in [-0.2, 0) is 11.3 Å². The molecule has 0 spiro atoms. The van der Waals surface area contributed by atoms with Gasteiger partial charge in [0.1, 0.15) is 0 Å². The van der Waals surface area contributed by atoms with Gasteiger partial charge in [0.25, 0.3) is 0 Å². The molecule has 6 heteroatoms. The molecular formula is C20H28N4OS. The van der Waals surface area contributed by atoms with E-state index in [1.54, 1.807) is 6.34 Å². The Balaban J connectivity index is 0.000000152. The van der Waals surface area contributed by atoms with E-state index in [9.17, 15) is 0 Å². The molecule has 0 saturated carbocycles. The van der Waals surface area contributed by atoms with Gasteiger partial charge in [-0.2, -0.15) is 0 Å². The summed E-state index contributed by atoms with van der Waals surface area (Å²) in [6.07, 6.45) is 1.79. The molecular weight excluding hydrogens is 344 g/mol. The van der Waals surface area contributed by atoms with Gasteiger partial charge in [-0.1, -0.05) is 12.1 Å². The number of aryl methyl sites for hydroxylation is 1. The molecule has 1 fully saturated rings. The fraction of sp³-hybridized carbons (Fsp3) is 0.450. The minimum absolute atomic E-state index is 0.325. The Morgan fingerprint density at radius 2 is 1.92 bits per heavy atom. The Kier molecular flexibility index (Phi) is 6.29. The lowest BCUT2D eigenvalue weighted by molar-refractivity contribution is 0.0342. The second-order valence-corrected chi connectivity index (χ2v) is 7.98. The molecule has 1 unspecified atom stereocenters. The molecule has 0 amide bonds. The van der Waals surface area contributed by atoms with Crippen LogP contribution < -0.4 is 11.1 Å². The van der Waals surface area contributed by atoms with E-state index in [1.165, 1.54) is 26.6 Å². The summed E-state index contributed by atoms with van der Waals surface area (Å²) in [5.74, 6) is 0. The molecule has 2 aromatic rings. The Hall–Kier alpha value is -1.89. The third kappa shape index (κ3) is 4.63. The monoisotopic (exact) mass is 372 g/mol. The summed E-state index contributed by atoms with van der Waals surface area (Å²) in [6, 6.07) is 8.41. The highest BCUT2D eigenvalue weighted by Crippen LogP contribution is 2.39. The molecule has 140 valence electrons. The molecule has 0 radical (unpaired) electrons. The number of morpholine rings is 1. The summed E-state index contributed by atoms with van der Waals surface area (Å²) in [5, 5.41) is 4.45. The van der Waals surface area contributed by atoms with Crippen molar-refractivity contribution in [3.05, 3.63) is 45.8 Å². The average molecular weight is 373 g/mol. The van der Waals surface area contributed by atoms with Crippen LogP contribution in [0.5, 0.6) is 0 Å². The standard InChI is InChI=1S/C11H16N2O.C9H12N2S/c12-11-3-1-10(2-4-11)9-13-5-7-14-8-6-13;1-5-7(3)12-9-8(5)6(2)10-4-11-9/h1-4H,5-9,12H2;4,6H,1-3H3,(H,10,11). The molecule has 26 heavy (non-hydrogen) atoms. The zero-order chi connectivity index (χ0) is 18.5. The topological polar surface area (TPSA) is 62.9 Å². The molecule has 3 heterocycles. The maximum absolute atomic E-state index is 5.63. The van der Waals surface area contributed by atoms with Gasteiger partial charge in [-0.05, 0) is 44.0 Å². The Morgan fingerprint density at radius 3 is 2.58 bits per heavy atom. The summed E-state index contributed by atoms with van der Waals surface area (Å²) in [5.41, 5.74) is 10.5. The van der Waals surface area contributed by atoms with Gasteiger partial charge in [-0.25, -0.2) is 0 Å². The van der Waals surface area contributed by atoms with Gasteiger partial charge in [0, 0.05) is 35.8 Å². The molecule has 0 aliphatic carbocycles. The van der Waals surface area contributed by atoms with Crippen LogP contribution in [0.4, 0.5) is 10.7 Å². The van der Waals surface area contributed by atoms with Crippen molar-refractivity contribution in [2.75, 3.05) is 37.4 Å². The molecule has 3 N–H and O–H groups in total. The van der Waals surface area contributed by atoms with Crippen molar-refractivity contribution in [1.82, 2.24) is 4.90 Å². The Labute approximate surface area is 159 Å². The van der Waals surface area contributed by atoms with Gasteiger partial charge in [-0.3, -0.25) is 9.89 Å². The van der Waals surface area contributed by atoms with Crippen LogP contribution in [0.15, 0.2) is 29.3 Å². The molecule has 0 bridgehead atoms. The number of aliphatic imine (C=N–C) groups is 1. The predicted molar refractivity (Wildman–Crippen MR) is 111 cm³/mol. The van der Waals surface area contributed by atoms with Crippen LogP contribution in [-0.4, -0.2) is 37.5 Å². The van der Waals surface area contributed by atoms with Crippen LogP contribution in [0.3, 0.4) is 0 Å². The van der Waals surface area contributed by atoms with Crippen molar-refractivity contribution in [3.8, 4) is 0 Å². The maximum atomic E-state index is 5.63. The first-order valence-corrected chi connectivity index (χ1v) is 9.89. The highest BCUT2D eigenvalue weighted by molar-refractivity contribution is 7.16. The van der Waals surface area contributed by atoms with E-state index in [2.05, 4.69) is 48.1 Å². The number of nitrogens with zero attached hydrogens (tertiary/aromatic N) is 2. The van der Waals surface area contributed by atoms with Gasteiger partial charge >= 0.3 is 0 Å². The van der Waals surface area contributed by atoms with Crippen molar-refractivity contribution in [2.24, 2.45) is 4.99 Å². The van der Waals surface area contributed by atoms with E-state index in [1.807, 2.05) is 23.5 Å². The van der Waals surface area contributed by atoms with Gasteiger partial charge in [0.05, 0.1) is 30.6 Å². The number of thiophene rings is 1. The summed E-state index contributed by atoms with van der Waals surface area (Å²) >= 11 is 1.82. The molecule has 1 aromatic carbocycles.